The van der Waals surface area contributed by atoms with Crippen LogP contribution >= 0.6 is 0 Å². The van der Waals surface area contributed by atoms with E-state index < -0.39 is 49.8 Å². The van der Waals surface area contributed by atoms with Crippen molar-refractivity contribution in [2.45, 2.75) is 30.4 Å². The van der Waals surface area contributed by atoms with Crippen LogP contribution in [0.4, 0.5) is 0 Å². The van der Waals surface area contributed by atoms with Crippen LogP contribution in [0.5, 0.6) is 0 Å². The molecule has 3 rings (SSSR count). The zero-order chi connectivity index (χ0) is 27.4. The highest BCUT2D eigenvalue weighted by Crippen LogP contribution is 2.21. The number of hydrogen-bond acceptors (Lipinski definition) is 8. The number of benzene rings is 2. The van der Waals surface area contributed by atoms with Gasteiger partial charge in [-0.1, -0.05) is 37.3 Å². The van der Waals surface area contributed by atoms with E-state index in [2.05, 4.69) is 10.3 Å². The van der Waals surface area contributed by atoms with Crippen LogP contribution in [0, 0.1) is 5.92 Å². The molecule has 37 heavy (non-hydrogen) atoms. The van der Waals surface area contributed by atoms with Crippen molar-refractivity contribution in [2.24, 2.45) is 5.92 Å². The number of amides is 1. The molecule has 0 aliphatic heterocycles. The van der Waals surface area contributed by atoms with Gasteiger partial charge in [0.25, 0.3) is 0 Å². The molecular formula is C24H32N4O7S2. The average molecular weight is 553 g/mol. The Kier molecular flexibility index (Phi) is 9.08. The number of nitrogens with one attached hydrogen (secondary N) is 1. The largest absolute Gasteiger partial charge is 0.443 e. The van der Waals surface area contributed by atoms with Crippen LogP contribution in [0.2, 0.25) is 0 Å². The minimum Gasteiger partial charge on any atom is -0.443 e. The van der Waals surface area contributed by atoms with E-state index in [-0.39, 0.29) is 17.9 Å². The van der Waals surface area contributed by atoms with Gasteiger partial charge in [-0.2, -0.15) is 4.31 Å². The molecular weight excluding hydrogens is 520 g/mol. The Bertz CT molecular complexity index is 1420. The van der Waals surface area contributed by atoms with Gasteiger partial charge in [-0.25, -0.2) is 26.1 Å². The number of oxazole rings is 1. The lowest BCUT2D eigenvalue weighted by Crippen LogP contribution is -2.51. The molecule has 0 aliphatic rings. The van der Waals surface area contributed by atoms with Crippen molar-refractivity contribution in [2.75, 3.05) is 33.4 Å². The van der Waals surface area contributed by atoms with Gasteiger partial charge in [0.05, 0.1) is 28.7 Å². The summed E-state index contributed by atoms with van der Waals surface area (Å²) in [5.74, 6) is -1.86. The molecule has 0 saturated heterocycles. The molecule has 3 aromatic rings. The summed E-state index contributed by atoms with van der Waals surface area (Å²) in [5, 5.41) is 13.8. The summed E-state index contributed by atoms with van der Waals surface area (Å²) < 4.78 is 58.0. The second kappa shape index (κ2) is 11.7. The Labute approximate surface area is 217 Å². The van der Waals surface area contributed by atoms with Crippen molar-refractivity contribution >= 4 is 37.1 Å². The average Bonchev–Trinajstić information content (AvgIpc) is 3.31. The molecule has 11 nitrogen and oxygen atoms in total. The van der Waals surface area contributed by atoms with Gasteiger partial charge in [-0.15, -0.1) is 0 Å². The van der Waals surface area contributed by atoms with Crippen molar-refractivity contribution in [3.8, 4) is 0 Å². The van der Waals surface area contributed by atoms with E-state index in [4.69, 9.17) is 4.42 Å². The van der Waals surface area contributed by atoms with E-state index in [1.165, 1.54) is 52.7 Å². The summed E-state index contributed by atoms with van der Waals surface area (Å²) in [6.45, 7) is 1.16. The minimum absolute atomic E-state index is 0.0300. The zero-order valence-corrected chi connectivity index (χ0v) is 22.7. The third-order valence-electron chi connectivity index (χ3n) is 6.01. The molecule has 1 heterocycles. The second-order valence-corrected chi connectivity index (χ2v) is 13.4. The molecule has 2 aromatic carbocycles. The fraction of sp³-hybridized carbons (Fsp3) is 0.417. The van der Waals surface area contributed by atoms with Crippen LogP contribution in [0.3, 0.4) is 0 Å². The first-order valence-electron chi connectivity index (χ1n) is 11.5. The topological polar surface area (TPSA) is 150 Å². The first-order chi connectivity index (χ1) is 17.3. The molecule has 0 aliphatic carbocycles. The lowest BCUT2D eigenvalue weighted by molar-refractivity contribution is -0.125. The SMILES string of the molecule is C[C@H](CS(=O)(=O)N(C)C)C(=O)N[C@@H](Cc1ccccc1)[C@H](O)CN(C)S(=O)(=O)c1ccc2ncoc2c1. The van der Waals surface area contributed by atoms with Gasteiger partial charge >= 0.3 is 0 Å². The predicted octanol–water partition coefficient (Wildman–Crippen LogP) is 1.06. The standard InChI is InChI=1S/C24H32N4O7S2/c1-17(15-36(31,32)27(2)3)24(30)26-21(12-18-8-6-5-7-9-18)22(29)14-28(4)37(33,34)19-10-11-20-23(13-19)35-16-25-20/h5-11,13,16-17,21-22,29H,12,14-15H2,1-4H3,(H,26,30)/t17-,21+,22-/m1/s1. The summed E-state index contributed by atoms with van der Waals surface area (Å²) >= 11 is 0. The quantitative estimate of drug-likeness (QED) is 0.339. The summed E-state index contributed by atoms with van der Waals surface area (Å²) in [4.78, 5) is 16.8. The molecule has 1 aromatic heterocycles. The van der Waals surface area contributed by atoms with E-state index >= 15 is 0 Å². The maximum atomic E-state index is 13.2. The number of nitrogens with zero attached hydrogens (tertiary/aromatic N) is 3. The van der Waals surface area contributed by atoms with Crippen molar-refractivity contribution in [1.29, 1.82) is 0 Å². The van der Waals surface area contributed by atoms with Crippen LogP contribution < -0.4 is 5.32 Å². The molecule has 3 atom stereocenters. The number of aromatic nitrogens is 1. The van der Waals surface area contributed by atoms with Crippen LogP contribution in [0.1, 0.15) is 12.5 Å². The summed E-state index contributed by atoms with van der Waals surface area (Å²) in [5.41, 5.74) is 1.63. The molecule has 0 bridgehead atoms. The van der Waals surface area contributed by atoms with Crippen molar-refractivity contribution in [3.63, 3.8) is 0 Å². The third-order valence-corrected chi connectivity index (χ3v) is 9.86. The smallest absolute Gasteiger partial charge is 0.243 e. The lowest BCUT2D eigenvalue weighted by atomic mass is 10.00. The first-order valence-corrected chi connectivity index (χ1v) is 14.6. The molecule has 0 saturated carbocycles. The molecule has 0 radical (unpaired) electrons. The lowest BCUT2D eigenvalue weighted by Gasteiger charge is -2.29. The van der Waals surface area contributed by atoms with E-state index in [0.29, 0.717) is 11.1 Å². The van der Waals surface area contributed by atoms with Crippen LogP contribution in [-0.4, -0.2) is 87.0 Å². The number of sulfonamides is 2. The number of aliphatic hydroxyl groups excluding tert-OH is 1. The fourth-order valence-electron chi connectivity index (χ4n) is 3.68. The highest BCUT2D eigenvalue weighted by molar-refractivity contribution is 7.89. The Hall–Kier alpha value is -2.84. The highest BCUT2D eigenvalue weighted by atomic mass is 32.2. The molecule has 0 fully saturated rings. The van der Waals surface area contributed by atoms with E-state index in [1.807, 2.05) is 30.3 Å². The third kappa shape index (κ3) is 7.14. The first kappa shape index (κ1) is 28.7. The van der Waals surface area contributed by atoms with Gasteiger partial charge in [0.15, 0.2) is 12.0 Å². The Morgan fingerprint density at radius 3 is 2.41 bits per heavy atom. The van der Waals surface area contributed by atoms with Gasteiger partial charge in [0.1, 0.15) is 5.52 Å². The number of aliphatic hydroxyl groups is 1. The van der Waals surface area contributed by atoms with Gasteiger partial charge in [-0.05, 0) is 24.1 Å². The Balaban J connectivity index is 1.78. The van der Waals surface area contributed by atoms with Gasteiger partial charge in [0, 0.05) is 33.8 Å². The number of carbonyl (C=O) groups is 1. The van der Waals surface area contributed by atoms with E-state index in [9.17, 15) is 26.7 Å². The van der Waals surface area contributed by atoms with Gasteiger partial charge in [0.2, 0.25) is 26.0 Å². The maximum absolute atomic E-state index is 13.2. The zero-order valence-electron chi connectivity index (χ0n) is 21.1. The molecule has 2 N–H and O–H groups in total. The fourth-order valence-corrected chi connectivity index (χ4v) is 5.97. The number of hydrogen-bond donors (Lipinski definition) is 2. The van der Waals surface area contributed by atoms with Crippen LogP contribution in [-0.2, 0) is 31.3 Å². The maximum Gasteiger partial charge on any atom is 0.243 e. The summed E-state index contributed by atoms with van der Waals surface area (Å²) in [7, 11) is -3.52. The Morgan fingerprint density at radius 1 is 1.08 bits per heavy atom. The van der Waals surface area contributed by atoms with Crippen molar-refractivity contribution in [1.82, 2.24) is 18.9 Å². The summed E-state index contributed by atoms with van der Waals surface area (Å²) in [6.07, 6.45) is 0.130. The number of carbonyl (C=O) groups excluding carboxylic acids is 1. The van der Waals surface area contributed by atoms with Gasteiger partial charge < -0.3 is 14.8 Å². The Morgan fingerprint density at radius 2 is 1.76 bits per heavy atom. The predicted molar refractivity (Wildman–Crippen MR) is 139 cm³/mol. The van der Waals surface area contributed by atoms with Gasteiger partial charge in [-0.3, -0.25) is 4.79 Å². The second-order valence-electron chi connectivity index (χ2n) is 9.10. The van der Waals surface area contributed by atoms with Crippen LogP contribution in [0.25, 0.3) is 11.1 Å². The van der Waals surface area contributed by atoms with Crippen LogP contribution in [0.15, 0.2) is 64.2 Å². The van der Waals surface area contributed by atoms with Crippen molar-refractivity contribution in [3.05, 3.63) is 60.5 Å². The normalized spacial score (nSPS) is 15.1. The summed E-state index contributed by atoms with van der Waals surface area (Å²) in [6, 6.07) is 12.5. The highest BCUT2D eigenvalue weighted by Gasteiger charge is 2.31. The number of rotatable bonds is 12. The molecule has 202 valence electrons. The molecule has 1 amide bonds. The number of likely N-dealkylation sites (N-methyl/N-ethyl adjacent to an activating group) is 1. The van der Waals surface area contributed by atoms with E-state index in [0.717, 1.165) is 14.2 Å². The number of fused-ring (bicyclic) bond motifs is 1. The van der Waals surface area contributed by atoms with Crippen molar-refractivity contribution < 1.29 is 31.2 Å². The molecule has 0 unspecified atom stereocenters. The molecule has 13 heteroatoms. The monoisotopic (exact) mass is 552 g/mol. The van der Waals surface area contributed by atoms with E-state index in [1.54, 1.807) is 0 Å². The minimum atomic E-state index is -4.00. The molecule has 0 spiro atoms.